The van der Waals surface area contributed by atoms with Crippen molar-refractivity contribution in [2.24, 2.45) is 0 Å². The monoisotopic (exact) mass is 293 g/mol. The fourth-order valence-electron chi connectivity index (χ4n) is 2.24. The second kappa shape index (κ2) is 5.53. The van der Waals surface area contributed by atoms with Gasteiger partial charge in [-0.05, 0) is 52.9 Å². The zero-order valence-corrected chi connectivity index (χ0v) is 12.1. The largest absolute Gasteiger partial charge is 0.392 e. The smallest absolute Gasteiger partial charge is 0.0696 e. The van der Waals surface area contributed by atoms with Gasteiger partial charge >= 0.3 is 0 Å². The summed E-state index contributed by atoms with van der Waals surface area (Å²) >= 11 is 7.93. The molecule has 2 aromatic rings. The van der Waals surface area contributed by atoms with Gasteiger partial charge in [0.1, 0.15) is 0 Å². The SMILES string of the molecule is OCc1ccc(N(Cc2ccsc2)C2CC2)cc1Cl. The van der Waals surface area contributed by atoms with Gasteiger partial charge in [0, 0.05) is 23.3 Å². The van der Waals surface area contributed by atoms with Gasteiger partial charge in [0.2, 0.25) is 0 Å². The summed E-state index contributed by atoms with van der Waals surface area (Å²) in [6.07, 6.45) is 2.51. The van der Waals surface area contributed by atoms with Crippen molar-refractivity contribution in [3.05, 3.63) is 51.2 Å². The summed E-state index contributed by atoms with van der Waals surface area (Å²) in [6, 6.07) is 8.75. The second-order valence-electron chi connectivity index (χ2n) is 4.92. The summed E-state index contributed by atoms with van der Waals surface area (Å²) in [4.78, 5) is 2.41. The van der Waals surface area contributed by atoms with Crippen LogP contribution in [0.25, 0.3) is 0 Å². The van der Waals surface area contributed by atoms with Crippen LogP contribution in [-0.4, -0.2) is 11.1 Å². The van der Waals surface area contributed by atoms with Crippen molar-refractivity contribution >= 4 is 28.6 Å². The lowest BCUT2D eigenvalue weighted by Gasteiger charge is -2.25. The van der Waals surface area contributed by atoms with Crippen LogP contribution >= 0.6 is 22.9 Å². The molecule has 19 heavy (non-hydrogen) atoms. The standard InChI is InChI=1S/C15H16ClNOS/c16-15-7-14(2-1-12(15)9-18)17(13-3-4-13)8-11-5-6-19-10-11/h1-2,5-7,10,13,18H,3-4,8-9H2. The van der Waals surface area contributed by atoms with Crippen LogP contribution in [0.15, 0.2) is 35.0 Å². The average Bonchev–Trinajstić information content (AvgIpc) is 3.13. The van der Waals surface area contributed by atoms with E-state index in [-0.39, 0.29) is 6.61 Å². The molecule has 1 aliphatic carbocycles. The first kappa shape index (κ1) is 13.0. The van der Waals surface area contributed by atoms with Gasteiger partial charge in [0.15, 0.2) is 0 Å². The highest BCUT2D eigenvalue weighted by atomic mass is 35.5. The maximum atomic E-state index is 9.18. The predicted molar refractivity (Wildman–Crippen MR) is 80.9 cm³/mol. The van der Waals surface area contributed by atoms with Crippen LogP contribution in [0.5, 0.6) is 0 Å². The summed E-state index contributed by atoms with van der Waals surface area (Å²) < 4.78 is 0. The first-order valence-corrected chi connectivity index (χ1v) is 7.77. The van der Waals surface area contributed by atoms with Crippen LogP contribution < -0.4 is 4.90 Å². The Bertz CT molecular complexity index is 551. The molecule has 0 saturated heterocycles. The van der Waals surface area contributed by atoms with Crippen LogP contribution in [0.2, 0.25) is 5.02 Å². The van der Waals surface area contributed by atoms with Crippen LogP contribution in [0, 0.1) is 0 Å². The summed E-state index contributed by atoms with van der Waals surface area (Å²) in [5, 5.41) is 14.1. The Morgan fingerprint density at radius 3 is 2.74 bits per heavy atom. The van der Waals surface area contributed by atoms with E-state index < -0.39 is 0 Å². The van der Waals surface area contributed by atoms with Crippen LogP contribution in [0.4, 0.5) is 5.69 Å². The first-order chi connectivity index (χ1) is 9.28. The van der Waals surface area contributed by atoms with E-state index in [9.17, 15) is 5.11 Å². The lowest BCUT2D eigenvalue weighted by atomic mass is 10.2. The number of halogens is 1. The van der Waals surface area contributed by atoms with Gasteiger partial charge in [0.25, 0.3) is 0 Å². The Morgan fingerprint density at radius 2 is 2.16 bits per heavy atom. The van der Waals surface area contributed by atoms with Gasteiger partial charge in [-0.2, -0.15) is 11.3 Å². The van der Waals surface area contributed by atoms with E-state index in [1.807, 2.05) is 12.1 Å². The van der Waals surface area contributed by atoms with E-state index in [0.29, 0.717) is 11.1 Å². The number of hydrogen-bond donors (Lipinski definition) is 1. The van der Waals surface area contributed by atoms with E-state index in [1.54, 1.807) is 11.3 Å². The van der Waals surface area contributed by atoms with Crippen molar-refractivity contribution in [3.8, 4) is 0 Å². The topological polar surface area (TPSA) is 23.5 Å². The number of aliphatic hydroxyl groups is 1. The molecule has 0 bridgehead atoms. The highest BCUT2D eigenvalue weighted by molar-refractivity contribution is 7.07. The number of thiophene rings is 1. The Hall–Kier alpha value is -1.03. The molecule has 1 saturated carbocycles. The molecule has 1 heterocycles. The second-order valence-corrected chi connectivity index (χ2v) is 6.11. The van der Waals surface area contributed by atoms with E-state index in [1.165, 1.54) is 18.4 Å². The van der Waals surface area contributed by atoms with Crippen molar-refractivity contribution in [2.75, 3.05) is 4.90 Å². The third kappa shape index (κ3) is 2.94. The first-order valence-electron chi connectivity index (χ1n) is 6.45. The maximum Gasteiger partial charge on any atom is 0.0696 e. The lowest BCUT2D eigenvalue weighted by molar-refractivity contribution is 0.282. The molecule has 2 nitrogen and oxygen atoms in total. The van der Waals surface area contributed by atoms with E-state index >= 15 is 0 Å². The van der Waals surface area contributed by atoms with Gasteiger partial charge in [-0.15, -0.1) is 0 Å². The Morgan fingerprint density at radius 1 is 1.32 bits per heavy atom. The zero-order valence-electron chi connectivity index (χ0n) is 10.6. The Balaban J connectivity index is 1.85. The number of nitrogens with zero attached hydrogens (tertiary/aromatic N) is 1. The Kier molecular flexibility index (Phi) is 3.78. The molecule has 1 aliphatic rings. The molecule has 1 N–H and O–H groups in total. The molecule has 0 unspecified atom stereocenters. The zero-order chi connectivity index (χ0) is 13.2. The number of rotatable bonds is 5. The molecule has 1 aromatic carbocycles. The van der Waals surface area contributed by atoms with Crippen molar-refractivity contribution in [1.29, 1.82) is 0 Å². The van der Waals surface area contributed by atoms with Crippen LogP contribution in [0.3, 0.4) is 0 Å². The molecule has 0 spiro atoms. The quantitative estimate of drug-likeness (QED) is 0.898. The molecule has 4 heteroatoms. The van der Waals surface area contributed by atoms with Gasteiger partial charge in [0.05, 0.1) is 6.61 Å². The Labute approximate surface area is 122 Å². The molecule has 3 rings (SSSR count). The summed E-state index contributed by atoms with van der Waals surface area (Å²) in [5.41, 5.74) is 3.28. The van der Waals surface area contributed by atoms with Crippen molar-refractivity contribution in [2.45, 2.75) is 32.0 Å². The summed E-state index contributed by atoms with van der Waals surface area (Å²) in [5.74, 6) is 0. The molecular weight excluding hydrogens is 278 g/mol. The fraction of sp³-hybridized carbons (Fsp3) is 0.333. The third-order valence-corrected chi connectivity index (χ3v) is 4.54. The number of hydrogen-bond acceptors (Lipinski definition) is 3. The molecule has 0 amide bonds. The third-order valence-electron chi connectivity index (χ3n) is 3.46. The number of aliphatic hydroxyl groups excluding tert-OH is 1. The summed E-state index contributed by atoms with van der Waals surface area (Å²) in [7, 11) is 0. The molecule has 1 fully saturated rings. The molecule has 100 valence electrons. The van der Waals surface area contributed by atoms with Gasteiger partial charge < -0.3 is 10.0 Å². The van der Waals surface area contributed by atoms with Crippen LogP contribution in [0.1, 0.15) is 24.0 Å². The maximum absolute atomic E-state index is 9.18. The van der Waals surface area contributed by atoms with Crippen LogP contribution in [-0.2, 0) is 13.2 Å². The highest BCUT2D eigenvalue weighted by Crippen LogP contribution is 2.35. The van der Waals surface area contributed by atoms with Gasteiger partial charge in [-0.3, -0.25) is 0 Å². The van der Waals surface area contributed by atoms with Crippen molar-refractivity contribution in [3.63, 3.8) is 0 Å². The fourth-order valence-corrected chi connectivity index (χ4v) is 3.13. The normalized spacial score (nSPS) is 14.6. The molecule has 0 atom stereocenters. The van der Waals surface area contributed by atoms with E-state index in [4.69, 9.17) is 11.6 Å². The minimum atomic E-state index is -0.00687. The van der Waals surface area contributed by atoms with Gasteiger partial charge in [-0.25, -0.2) is 0 Å². The minimum absolute atomic E-state index is 0.00687. The highest BCUT2D eigenvalue weighted by Gasteiger charge is 2.29. The summed E-state index contributed by atoms with van der Waals surface area (Å²) in [6.45, 7) is 0.927. The predicted octanol–water partition coefficient (Wildman–Crippen LogP) is 4.06. The average molecular weight is 294 g/mol. The lowest BCUT2D eigenvalue weighted by Crippen LogP contribution is -2.24. The van der Waals surface area contributed by atoms with E-state index in [0.717, 1.165) is 17.8 Å². The van der Waals surface area contributed by atoms with Crippen molar-refractivity contribution in [1.82, 2.24) is 0 Å². The minimum Gasteiger partial charge on any atom is -0.392 e. The molecule has 0 aliphatic heterocycles. The van der Waals surface area contributed by atoms with Gasteiger partial charge in [-0.1, -0.05) is 17.7 Å². The number of anilines is 1. The van der Waals surface area contributed by atoms with E-state index in [2.05, 4.69) is 27.8 Å². The molecular formula is C15H16ClNOS. The van der Waals surface area contributed by atoms with Crippen molar-refractivity contribution < 1.29 is 5.11 Å². The molecule has 1 aromatic heterocycles. The molecule has 0 radical (unpaired) electrons. The number of benzene rings is 1.